The molecule has 0 spiro atoms. The lowest BCUT2D eigenvalue weighted by molar-refractivity contribution is -0.122. The standard InChI is InChI=1S/C16H25NO3/c1-13(2)7-5-9-16(3,4)10-6-8-14(18)17-11-12-20-15(17)19/h6-8H,5,9-12H2,1-4H3/b8-6+. The summed E-state index contributed by atoms with van der Waals surface area (Å²) < 4.78 is 4.74. The van der Waals surface area contributed by atoms with E-state index in [1.165, 1.54) is 11.6 Å². The summed E-state index contributed by atoms with van der Waals surface area (Å²) in [6.07, 6.45) is 7.97. The smallest absolute Gasteiger partial charge is 0.416 e. The van der Waals surface area contributed by atoms with Gasteiger partial charge in [0.15, 0.2) is 0 Å². The van der Waals surface area contributed by atoms with Crippen LogP contribution in [0.4, 0.5) is 4.79 Å². The second-order valence-electron chi connectivity index (χ2n) is 6.20. The number of rotatable bonds is 6. The van der Waals surface area contributed by atoms with Gasteiger partial charge in [-0.1, -0.05) is 31.6 Å². The Morgan fingerprint density at radius 3 is 2.65 bits per heavy atom. The van der Waals surface area contributed by atoms with Gasteiger partial charge in [-0.3, -0.25) is 4.79 Å². The topological polar surface area (TPSA) is 46.6 Å². The Morgan fingerprint density at radius 1 is 1.40 bits per heavy atom. The number of imide groups is 1. The fourth-order valence-corrected chi connectivity index (χ4v) is 2.02. The molecule has 0 bridgehead atoms. The van der Waals surface area contributed by atoms with Gasteiger partial charge in [-0.15, -0.1) is 0 Å². The van der Waals surface area contributed by atoms with Crippen molar-refractivity contribution in [1.82, 2.24) is 4.90 Å². The highest BCUT2D eigenvalue weighted by molar-refractivity contribution is 5.99. The van der Waals surface area contributed by atoms with Crippen LogP contribution in [0.3, 0.4) is 0 Å². The lowest BCUT2D eigenvalue weighted by atomic mass is 9.84. The third-order valence-corrected chi connectivity index (χ3v) is 3.33. The highest BCUT2D eigenvalue weighted by Gasteiger charge is 2.26. The van der Waals surface area contributed by atoms with Crippen molar-refractivity contribution in [2.24, 2.45) is 5.41 Å². The summed E-state index contributed by atoms with van der Waals surface area (Å²) in [6, 6.07) is 0. The number of hydrogen-bond acceptors (Lipinski definition) is 3. The zero-order valence-electron chi connectivity index (χ0n) is 12.9. The number of carbonyl (C=O) groups excluding carboxylic acids is 2. The molecule has 0 N–H and O–H groups in total. The molecule has 20 heavy (non-hydrogen) atoms. The minimum Gasteiger partial charge on any atom is -0.447 e. The molecule has 4 heteroatoms. The average Bonchev–Trinajstić information content (AvgIpc) is 2.74. The molecule has 4 nitrogen and oxygen atoms in total. The molecule has 0 aliphatic carbocycles. The number of amides is 2. The van der Waals surface area contributed by atoms with Gasteiger partial charge in [0.1, 0.15) is 6.61 Å². The van der Waals surface area contributed by atoms with E-state index in [0.29, 0.717) is 13.2 Å². The Balaban J connectivity index is 2.40. The molecular formula is C16H25NO3. The molecule has 1 aliphatic rings. The molecule has 0 aromatic heterocycles. The van der Waals surface area contributed by atoms with Gasteiger partial charge >= 0.3 is 6.09 Å². The molecular weight excluding hydrogens is 254 g/mol. The van der Waals surface area contributed by atoms with Crippen molar-refractivity contribution in [2.45, 2.75) is 47.0 Å². The lowest BCUT2D eigenvalue weighted by Crippen LogP contribution is -2.30. The molecule has 2 amide bonds. The monoisotopic (exact) mass is 279 g/mol. The molecule has 0 aromatic rings. The van der Waals surface area contributed by atoms with Crippen LogP contribution >= 0.6 is 0 Å². The van der Waals surface area contributed by atoms with Gasteiger partial charge in [0.05, 0.1) is 6.54 Å². The molecule has 1 saturated heterocycles. The third kappa shape index (κ3) is 5.59. The van der Waals surface area contributed by atoms with Crippen LogP contribution in [-0.2, 0) is 9.53 Å². The van der Waals surface area contributed by atoms with Crippen LogP contribution in [0, 0.1) is 5.41 Å². The summed E-state index contributed by atoms with van der Waals surface area (Å²) in [5, 5.41) is 0. The van der Waals surface area contributed by atoms with Gasteiger partial charge < -0.3 is 4.74 Å². The maximum atomic E-state index is 11.8. The van der Waals surface area contributed by atoms with Crippen molar-refractivity contribution in [3.63, 3.8) is 0 Å². The van der Waals surface area contributed by atoms with Crippen molar-refractivity contribution in [1.29, 1.82) is 0 Å². The van der Waals surface area contributed by atoms with Crippen molar-refractivity contribution in [3.8, 4) is 0 Å². The van der Waals surface area contributed by atoms with Gasteiger partial charge in [-0.05, 0) is 44.6 Å². The van der Waals surface area contributed by atoms with E-state index in [9.17, 15) is 9.59 Å². The predicted molar refractivity (Wildman–Crippen MR) is 79.3 cm³/mol. The second-order valence-corrected chi connectivity index (χ2v) is 6.20. The van der Waals surface area contributed by atoms with E-state index < -0.39 is 6.09 Å². The maximum absolute atomic E-state index is 11.8. The first-order valence-electron chi connectivity index (χ1n) is 7.10. The van der Waals surface area contributed by atoms with Gasteiger partial charge in [0.2, 0.25) is 0 Å². The predicted octanol–water partition coefficient (Wildman–Crippen LogP) is 3.68. The molecule has 0 unspecified atom stereocenters. The highest BCUT2D eigenvalue weighted by Crippen LogP contribution is 2.27. The fourth-order valence-electron chi connectivity index (χ4n) is 2.02. The van der Waals surface area contributed by atoms with Crippen LogP contribution in [0.5, 0.6) is 0 Å². The Bertz CT molecular complexity index is 417. The molecule has 0 atom stereocenters. The minimum atomic E-state index is -0.539. The van der Waals surface area contributed by atoms with E-state index >= 15 is 0 Å². The van der Waals surface area contributed by atoms with Gasteiger partial charge in [-0.25, -0.2) is 9.69 Å². The fraction of sp³-hybridized carbons (Fsp3) is 0.625. The van der Waals surface area contributed by atoms with E-state index in [0.717, 1.165) is 24.2 Å². The van der Waals surface area contributed by atoms with Crippen LogP contribution in [0.2, 0.25) is 0 Å². The van der Waals surface area contributed by atoms with Gasteiger partial charge in [0, 0.05) is 0 Å². The van der Waals surface area contributed by atoms with Crippen molar-refractivity contribution in [2.75, 3.05) is 13.2 Å². The Morgan fingerprint density at radius 2 is 2.10 bits per heavy atom. The van der Waals surface area contributed by atoms with E-state index in [2.05, 4.69) is 33.8 Å². The van der Waals surface area contributed by atoms with E-state index in [1.54, 1.807) is 0 Å². The summed E-state index contributed by atoms with van der Waals surface area (Å²) >= 11 is 0. The highest BCUT2D eigenvalue weighted by atomic mass is 16.6. The molecule has 1 fully saturated rings. The van der Waals surface area contributed by atoms with E-state index in [-0.39, 0.29) is 11.3 Å². The summed E-state index contributed by atoms with van der Waals surface area (Å²) in [6.45, 7) is 9.22. The third-order valence-electron chi connectivity index (χ3n) is 3.33. The van der Waals surface area contributed by atoms with Crippen LogP contribution in [0.15, 0.2) is 23.8 Å². The van der Waals surface area contributed by atoms with Crippen LogP contribution in [0.25, 0.3) is 0 Å². The van der Waals surface area contributed by atoms with E-state index in [4.69, 9.17) is 4.74 Å². The largest absolute Gasteiger partial charge is 0.447 e. The van der Waals surface area contributed by atoms with Crippen LogP contribution in [0.1, 0.15) is 47.0 Å². The zero-order chi connectivity index (χ0) is 15.2. The second kappa shape index (κ2) is 7.27. The van der Waals surface area contributed by atoms with Crippen molar-refractivity contribution >= 4 is 12.0 Å². The van der Waals surface area contributed by atoms with Crippen LogP contribution < -0.4 is 0 Å². The zero-order valence-corrected chi connectivity index (χ0v) is 12.9. The Hall–Kier alpha value is -1.58. The van der Waals surface area contributed by atoms with E-state index in [1.807, 2.05) is 6.08 Å². The number of allylic oxidation sites excluding steroid dienone is 3. The molecule has 1 aliphatic heterocycles. The quantitative estimate of drug-likeness (QED) is 0.550. The Labute approximate surface area is 121 Å². The first-order valence-corrected chi connectivity index (χ1v) is 7.10. The molecule has 0 radical (unpaired) electrons. The lowest BCUT2D eigenvalue weighted by Gasteiger charge is -2.22. The molecule has 112 valence electrons. The maximum Gasteiger partial charge on any atom is 0.416 e. The number of cyclic esters (lactones) is 1. The van der Waals surface area contributed by atoms with Crippen LogP contribution in [-0.4, -0.2) is 30.1 Å². The molecule has 1 heterocycles. The minimum absolute atomic E-state index is 0.147. The van der Waals surface area contributed by atoms with Gasteiger partial charge in [0.25, 0.3) is 5.91 Å². The SMILES string of the molecule is CC(C)=CCCC(C)(C)C/C=C/C(=O)N1CCOC1=O. The first kappa shape index (κ1) is 16.5. The summed E-state index contributed by atoms with van der Waals surface area (Å²) in [7, 11) is 0. The van der Waals surface area contributed by atoms with Crippen molar-refractivity contribution in [3.05, 3.63) is 23.8 Å². The number of nitrogens with zero attached hydrogens (tertiary/aromatic N) is 1. The summed E-state index contributed by atoms with van der Waals surface area (Å²) in [5.41, 5.74) is 1.48. The number of carbonyl (C=O) groups is 2. The Kier molecular flexibility index (Phi) is 5.99. The summed E-state index contributed by atoms with van der Waals surface area (Å²) in [4.78, 5) is 24.1. The normalized spacial score (nSPS) is 15.6. The molecule has 0 aromatic carbocycles. The number of hydrogen-bond donors (Lipinski definition) is 0. The first-order chi connectivity index (χ1) is 9.32. The van der Waals surface area contributed by atoms with Gasteiger partial charge in [-0.2, -0.15) is 0 Å². The molecule has 0 saturated carbocycles. The summed E-state index contributed by atoms with van der Waals surface area (Å²) in [5.74, 6) is -0.285. The van der Waals surface area contributed by atoms with Crippen molar-refractivity contribution < 1.29 is 14.3 Å². The molecule has 1 rings (SSSR count). The average molecular weight is 279 g/mol. The number of ether oxygens (including phenoxy) is 1.